The molecule has 0 bridgehead atoms. The van der Waals surface area contributed by atoms with Gasteiger partial charge in [0.1, 0.15) is 5.75 Å². The summed E-state index contributed by atoms with van der Waals surface area (Å²) >= 11 is 11.7. The summed E-state index contributed by atoms with van der Waals surface area (Å²) < 4.78 is 10.7. The molecule has 1 unspecified atom stereocenters. The van der Waals surface area contributed by atoms with Gasteiger partial charge < -0.3 is 14.4 Å². The molecule has 1 saturated heterocycles. The normalized spacial score (nSPS) is 19.3. The molecule has 0 spiro atoms. The van der Waals surface area contributed by atoms with E-state index in [-0.39, 0.29) is 18.6 Å². The van der Waals surface area contributed by atoms with Crippen molar-refractivity contribution < 1.29 is 14.3 Å². The zero-order valence-electron chi connectivity index (χ0n) is 10.4. The first-order valence-corrected chi connectivity index (χ1v) is 6.93. The van der Waals surface area contributed by atoms with E-state index in [1.807, 2.05) is 0 Å². The molecule has 0 aromatic heterocycles. The van der Waals surface area contributed by atoms with Crippen molar-refractivity contribution in [2.75, 3.05) is 32.2 Å². The summed E-state index contributed by atoms with van der Waals surface area (Å²) in [6.07, 6.45) is 0. The third-order valence-corrected chi connectivity index (χ3v) is 3.48. The molecule has 1 fully saturated rings. The van der Waals surface area contributed by atoms with Gasteiger partial charge in [-0.15, -0.1) is 11.6 Å². The lowest BCUT2D eigenvalue weighted by atomic mass is 10.2. The molecule has 4 nitrogen and oxygen atoms in total. The molecule has 1 heterocycles. The van der Waals surface area contributed by atoms with E-state index in [2.05, 4.69) is 0 Å². The van der Waals surface area contributed by atoms with Crippen LogP contribution in [0.4, 0.5) is 0 Å². The number of alkyl halides is 1. The number of halogens is 2. The van der Waals surface area contributed by atoms with Gasteiger partial charge in [-0.05, 0) is 18.2 Å². The van der Waals surface area contributed by atoms with Gasteiger partial charge in [-0.2, -0.15) is 0 Å². The minimum absolute atomic E-state index is 0.0201. The summed E-state index contributed by atoms with van der Waals surface area (Å²) in [6.45, 7) is 1.55. The molecule has 1 aromatic rings. The van der Waals surface area contributed by atoms with Gasteiger partial charge in [0.05, 0.1) is 19.3 Å². The number of carbonyl (C=O) groups is 1. The van der Waals surface area contributed by atoms with Crippen LogP contribution in [0, 0.1) is 0 Å². The Labute approximate surface area is 122 Å². The fraction of sp³-hybridized carbons (Fsp3) is 0.462. The number of amides is 1. The minimum atomic E-state index is -0.0890. The van der Waals surface area contributed by atoms with E-state index in [1.54, 1.807) is 29.2 Å². The van der Waals surface area contributed by atoms with Gasteiger partial charge in [-0.1, -0.05) is 17.7 Å². The molecule has 1 aliphatic rings. The number of rotatable bonds is 4. The van der Waals surface area contributed by atoms with Gasteiger partial charge in [0, 0.05) is 17.4 Å². The summed E-state index contributed by atoms with van der Waals surface area (Å²) in [6, 6.07) is 6.89. The van der Waals surface area contributed by atoms with Crippen molar-refractivity contribution >= 4 is 29.1 Å². The summed E-state index contributed by atoms with van der Waals surface area (Å²) in [5, 5.41) is 0.579. The topological polar surface area (TPSA) is 38.8 Å². The highest BCUT2D eigenvalue weighted by molar-refractivity contribution is 6.30. The van der Waals surface area contributed by atoms with Gasteiger partial charge in [0.15, 0.2) is 6.61 Å². The van der Waals surface area contributed by atoms with Crippen molar-refractivity contribution in [2.45, 2.75) is 6.04 Å². The first-order valence-electron chi connectivity index (χ1n) is 6.02. The molecule has 104 valence electrons. The maximum atomic E-state index is 12.1. The Hall–Kier alpha value is -0.970. The predicted octanol–water partition coefficient (Wildman–Crippen LogP) is 2.18. The standard InChI is InChI=1S/C13H15Cl2NO3/c14-7-11-8-18-5-4-16(11)13(17)9-19-12-3-1-2-10(15)6-12/h1-3,6,11H,4-5,7-9H2. The second-order valence-corrected chi connectivity index (χ2v) is 4.96. The quantitative estimate of drug-likeness (QED) is 0.800. The first-order chi connectivity index (χ1) is 9.20. The first kappa shape index (κ1) is 14.4. The van der Waals surface area contributed by atoms with Crippen LogP contribution in [-0.2, 0) is 9.53 Å². The number of carbonyl (C=O) groups excluding carboxylic acids is 1. The maximum Gasteiger partial charge on any atom is 0.260 e. The molecule has 1 aromatic carbocycles. The van der Waals surface area contributed by atoms with Crippen LogP contribution in [0.5, 0.6) is 5.75 Å². The van der Waals surface area contributed by atoms with E-state index >= 15 is 0 Å². The van der Waals surface area contributed by atoms with Gasteiger partial charge in [-0.25, -0.2) is 0 Å². The summed E-state index contributed by atoms with van der Waals surface area (Å²) in [5.41, 5.74) is 0. The maximum absolute atomic E-state index is 12.1. The number of hydrogen-bond acceptors (Lipinski definition) is 3. The number of morpholine rings is 1. The van der Waals surface area contributed by atoms with Crippen LogP contribution < -0.4 is 4.74 Å². The highest BCUT2D eigenvalue weighted by atomic mass is 35.5. The van der Waals surface area contributed by atoms with Crippen LogP contribution in [0.3, 0.4) is 0 Å². The molecule has 1 atom stereocenters. The molecular weight excluding hydrogens is 289 g/mol. The average molecular weight is 304 g/mol. The lowest BCUT2D eigenvalue weighted by Gasteiger charge is -2.34. The van der Waals surface area contributed by atoms with Crippen molar-refractivity contribution in [2.24, 2.45) is 0 Å². The predicted molar refractivity (Wildman–Crippen MR) is 74.0 cm³/mol. The molecule has 0 N–H and O–H groups in total. The molecular formula is C13H15Cl2NO3. The lowest BCUT2D eigenvalue weighted by molar-refractivity contribution is -0.141. The van der Waals surface area contributed by atoms with Crippen molar-refractivity contribution in [3.8, 4) is 5.75 Å². The molecule has 1 amide bonds. The van der Waals surface area contributed by atoms with E-state index in [9.17, 15) is 4.79 Å². The van der Waals surface area contributed by atoms with Crippen LogP contribution >= 0.6 is 23.2 Å². The Morgan fingerprint density at radius 1 is 1.53 bits per heavy atom. The Balaban J connectivity index is 1.89. The molecule has 2 rings (SSSR count). The van der Waals surface area contributed by atoms with Crippen LogP contribution in [0.25, 0.3) is 0 Å². The Morgan fingerprint density at radius 3 is 3.11 bits per heavy atom. The molecule has 0 saturated carbocycles. The third kappa shape index (κ3) is 4.00. The zero-order valence-corrected chi connectivity index (χ0v) is 11.9. The van der Waals surface area contributed by atoms with Gasteiger partial charge >= 0.3 is 0 Å². The number of ether oxygens (including phenoxy) is 2. The van der Waals surface area contributed by atoms with Crippen molar-refractivity contribution in [3.63, 3.8) is 0 Å². The SMILES string of the molecule is O=C(COc1cccc(Cl)c1)N1CCOCC1CCl. The molecule has 1 aliphatic heterocycles. The Kier molecular flexibility index (Phi) is 5.31. The summed E-state index contributed by atoms with van der Waals surface area (Å²) in [4.78, 5) is 13.8. The second kappa shape index (κ2) is 6.98. The smallest absolute Gasteiger partial charge is 0.260 e. The van der Waals surface area contributed by atoms with Gasteiger partial charge in [0.25, 0.3) is 5.91 Å². The minimum Gasteiger partial charge on any atom is -0.484 e. The summed E-state index contributed by atoms with van der Waals surface area (Å²) in [5.74, 6) is 0.855. The monoisotopic (exact) mass is 303 g/mol. The van der Waals surface area contributed by atoms with Crippen LogP contribution in [0.15, 0.2) is 24.3 Å². The van der Waals surface area contributed by atoms with Crippen molar-refractivity contribution in [3.05, 3.63) is 29.3 Å². The third-order valence-electron chi connectivity index (χ3n) is 2.88. The number of benzene rings is 1. The largest absolute Gasteiger partial charge is 0.484 e. The fourth-order valence-corrected chi connectivity index (χ4v) is 2.33. The number of nitrogens with zero attached hydrogens (tertiary/aromatic N) is 1. The Bertz CT molecular complexity index is 442. The van der Waals surface area contributed by atoms with Gasteiger partial charge in [0.2, 0.25) is 0 Å². The van der Waals surface area contributed by atoms with E-state index in [1.165, 1.54) is 0 Å². The lowest BCUT2D eigenvalue weighted by Crippen LogP contribution is -2.51. The van der Waals surface area contributed by atoms with E-state index in [4.69, 9.17) is 32.7 Å². The highest BCUT2D eigenvalue weighted by Gasteiger charge is 2.26. The molecule has 0 radical (unpaired) electrons. The fourth-order valence-electron chi connectivity index (χ4n) is 1.90. The summed E-state index contributed by atoms with van der Waals surface area (Å²) in [7, 11) is 0. The number of hydrogen-bond donors (Lipinski definition) is 0. The highest BCUT2D eigenvalue weighted by Crippen LogP contribution is 2.17. The van der Waals surface area contributed by atoms with Crippen LogP contribution in [-0.4, -0.2) is 49.1 Å². The van der Waals surface area contributed by atoms with E-state index in [0.717, 1.165) is 0 Å². The van der Waals surface area contributed by atoms with E-state index < -0.39 is 0 Å². The van der Waals surface area contributed by atoms with Crippen molar-refractivity contribution in [1.82, 2.24) is 4.90 Å². The Morgan fingerprint density at radius 2 is 2.37 bits per heavy atom. The average Bonchev–Trinajstić information content (AvgIpc) is 2.45. The second-order valence-electron chi connectivity index (χ2n) is 4.22. The van der Waals surface area contributed by atoms with Gasteiger partial charge in [-0.3, -0.25) is 4.79 Å². The van der Waals surface area contributed by atoms with E-state index in [0.29, 0.717) is 36.4 Å². The molecule has 19 heavy (non-hydrogen) atoms. The van der Waals surface area contributed by atoms with Crippen LogP contribution in [0.2, 0.25) is 5.02 Å². The molecule has 0 aliphatic carbocycles. The molecule has 6 heteroatoms. The zero-order chi connectivity index (χ0) is 13.7. The van der Waals surface area contributed by atoms with Crippen molar-refractivity contribution in [1.29, 1.82) is 0 Å². The van der Waals surface area contributed by atoms with Crippen LogP contribution in [0.1, 0.15) is 0 Å².